The van der Waals surface area contributed by atoms with Crippen LogP contribution in [0.15, 0.2) is 48.5 Å². The minimum atomic E-state index is -0.0587. The number of nitrogens with zero attached hydrogens (tertiary/aromatic N) is 2. The topological polar surface area (TPSA) is 43.8 Å². The third kappa shape index (κ3) is 3.08. The summed E-state index contributed by atoms with van der Waals surface area (Å²) in [7, 11) is 2.07. The normalized spacial score (nSPS) is 17.6. The van der Waals surface area contributed by atoms with Crippen molar-refractivity contribution in [1.82, 2.24) is 0 Å². The summed E-state index contributed by atoms with van der Waals surface area (Å²) in [6.45, 7) is 3.70. The number of carbonyl (C=O) groups excluding carboxylic acids is 1. The van der Waals surface area contributed by atoms with Crippen molar-refractivity contribution in [2.45, 2.75) is 13.5 Å². The molecule has 0 fully saturated rings. The van der Waals surface area contributed by atoms with Gasteiger partial charge in [-0.1, -0.05) is 31.2 Å². The lowest BCUT2D eigenvalue weighted by Gasteiger charge is -2.24. The predicted molar refractivity (Wildman–Crippen MR) is 92.9 cm³/mol. The van der Waals surface area contributed by atoms with Gasteiger partial charge in [0, 0.05) is 25.7 Å². The minimum Gasteiger partial charge on any atom is -0.392 e. The van der Waals surface area contributed by atoms with Gasteiger partial charge in [-0.15, -0.1) is 0 Å². The SMILES string of the molecule is CC1CN(C)c2ccccc2N(C(=O)c2cccc(CO)c2)C1. The molecule has 0 saturated carbocycles. The van der Waals surface area contributed by atoms with Crippen LogP contribution in [0.4, 0.5) is 11.4 Å². The molecule has 0 saturated heterocycles. The molecular weight excluding hydrogens is 288 g/mol. The number of anilines is 2. The third-order valence-corrected chi connectivity index (χ3v) is 4.27. The van der Waals surface area contributed by atoms with E-state index in [4.69, 9.17) is 0 Å². The fourth-order valence-electron chi connectivity index (χ4n) is 3.20. The predicted octanol–water partition coefficient (Wildman–Crippen LogP) is 2.91. The largest absolute Gasteiger partial charge is 0.392 e. The van der Waals surface area contributed by atoms with Gasteiger partial charge in [0.1, 0.15) is 0 Å². The Bertz CT molecular complexity index is 714. The number of rotatable bonds is 2. The van der Waals surface area contributed by atoms with Crippen LogP contribution in [0, 0.1) is 5.92 Å². The van der Waals surface area contributed by atoms with E-state index in [0.717, 1.165) is 23.5 Å². The lowest BCUT2D eigenvalue weighted by atomic mass is 10.1. The molecule has 1 heterocycles. The summed E-state index contributed by atoms with van der Waals surface area (Å²) >= 11 is 0. The van der Waals surface area contributed by atoms with Crippen molar-refractivity contribution in [2.75, 3.05) is 29.9 Å². The Morgan fingerprint density at radius 1 is 1.13 bits per heavy atom. The summed E-state index contributed by atoms with van der Waals surface area (Å²) < 4.78 is 0. The fraction of sp³-hybridized carbons (Fsp3) is 0.316. The molecule has 4 nitrogen and oxygen atoms in total. The first-order chi connectivity index (χ1) is 11.1. The maximum absolute atomic E-state index is 13.1. The lowest BCUT2D eigenvalue weighted by Crippen LogP contribution is -2.35. The molecule has 0 radical (unpaired) electrons. The maximum atomic E-state index is 13.1. The van der Waals surface area contributed by atoms with Crippen molar-refractivity contribution in [2.24, 2.45) is 5.92 Å². The summed E-state index contributed by atoms with van der Waals surface area (Å²) in [5, 5.41) is 9.30. The molecule has 2 aromatic carbocycles. The number of aliphatic hydroxyl groups excluding tert-OH is 1. The van der Waals surface area contributed by atoms with Crippen LogP contribution in [0.5, 0.6) is 0 Å². The van der Waals surface area contributed by atoms with Gasteiger partial charge in [0.25, 0.3) is 5.91 Å². The van der Waals surface area contributed by atoms with Crippen LogP contribution < -0.4 is 9.80 Å². The molecule has 1 aliphatic rings. The van der Waals surface area contributed by atoms with Gasteiger partial charge in [0.2, 0.25) is 0 Å². The Morgan fingerprint density at radius 3 is 2.61 bits per heavy atom. The van der Waals surface area contributed by atoms with Crippen molar-refractivity contribution in [3.05, 3.63) is 59.7 Å². The number of carbonyl (C=O) groups is 1. The zero-order chi connectivity index (χ0) is 16.4. The average Bonchev–Trinajstić information content (AvgIpc) is 2.71. The molecule has 3 rings (SSSR count). The molecule has 0 aromatic heterocycles. The standard InChI is InChI=1S/C19H22N2O2/c1-14-11-20(2)17-8-3-4-9-18(17)21(12-14)19(23)16-7-5-6-15(10-16)13-22/h3-10,14,22H,11-13H2,1-2H3. The van der Waals surface area contributed by atoms with Crippen LogP contribution in [-0.2, 0) is 6.61 Å². The van der Waals surface area contributed by atoms with Crippen molar-refractivity contribution >= 4 is 17.3 Å². The second-order valence-corrected chi connectivity index (χ2v) is 6.25. The summed E-state index contributed by atoms with van der Waals surface area (Å²) in [4.78, 5) is 17.1. The van der Waals surface area contributed by atoms with Crippen molar-refractivity contribution in [3.8, 4) is 0 Å². The van der Waals surface area contributed by atoms with E-state index in [2.05, 4.69) is 24.9 Å². The number of amides is 1. The lowest BCUT2D eigenvalue weighted by molar-refractivity contribution is 0.0984. The second-order valence-electron chi connectivity index (χ2n) is 6.25. The minimum absolute atomic E-state index is 0.0186. The van der Waals surface area contributed by atoms with E-state index in [1.807, 2.05) is 41.3 Å². The van der Waals surface area contributed by atoms with Crippen LogP contribution in [0.1, 0.15) is 22.8 Å². The average molecular weight is 310 g/mol. The zero-order valence-corrected chi connectivity index (χ0v) is 13.6. The highest BCUT2D eigenvalue weighted by molar-refractivity contribution is 6.08. The Labute approximate surface area is 137 Å². The highest BCUT2D eigenvalue weighted by Crippen LogP contribution is 2.33. The zero-order valence-electron chi connectivity index (χ0n) is 13.6. The molecule has 120 valence electrons. The van der Waals surface area contributed by atoms with Crippen LogP contribution >= 0.6 is 0 Å². The van der Waals surface area contributed by atoms with Crippen molar-refractivity contribution in [1.29, 1.82) is 0 Å². The number of hydrogen-bond donors (Lipinski definition) is 1. The Hall–Kier alpha value is -2.33. The van der Waals surface area contributed by atoms with E-state index in [0.29, 0.717) is 18.0 Å². The van der Waals surface area contributed by atoms with Gasteiger partial charge in [0.05, 0.1) is 18.0 Å². The molecule has 1 amide bonds. The smallest absolute Gasteiger partial charge is 0.258 e. The van der Waals surface area contributed by atoms with Crippen molar-refractivity contribution in [3.63, 3.8) is 0 Å². The van der Waals surface area contributed by atoms with Gasteiger partial charge in [-0.3, -0.25) is 4.79 Å². The van der Waals surface area contributed by atoms with Gasteiger partial charge in [-0.05, 0) is 35.7 Å². The number of fused-ring (bicyclic) bond motifs is 1. The van der Waals surface area contributed by atoms with Gasteiger partial charge in [0.15, 0.2) is 0 Å². The van der Waals surface area contributed by atoms with Crippen molar-refractivity contribution < 1.29 is 9.90 Å². The van der Waals surface area contributed by atoms with E-state index >= 15 is 0 Å². The van der Waals surface area contributed by atoms with Gasteiger partial charge in [-0.25, -0.2) is 0 Å². The van der Waals surface area contributed by atoms with Gasteiger partial charge >= 0.3 is 0 Å². The van der Waals surface area contributed by atoms with Gasteiger partial charge in [-0.2, -0.15) is 0 Å². The molecule has 1 unspecified atom stereocenters. The Balaban J connectivity index is 2.02. The van der Waals surface area contributed by atoms with E-state index in [9.17, 15) is 9.90 Å². The van der Waals surface area contributed by atoms with Crippen LogP contribution in [-0.4, -0.2) is 31.2 Å². The first-order valence-corrected chi connectivity index (χ1v) is 7.92. The quantitative estimate of drug-likeness (QED) is 0.927. The number of benzene rings is 2. The first kappa shape index (κ1) is 15.6. The number of para-hydroxylation sites is 2. The molecule has 0 aliphatic carbocycles. The molecular formula is C19H22N2O2. The Kier molecular flexibility index (Phi) is 4.35. The molecule has 1 aliphatic heterocycles. The summed E-state index contributed by atoms with van der Waals surface area (Å²) in [5.41, 5.74) is 3.38. The van der Waals surface area contributed by atoms with E-state index in [-0.39, 0.29) is 12.5 Å². The molecule has 1 N–H and O–H groups in total. The van der Waals surface area contributed by atoms with E-state index < -0.39 is 0 Å². The summed E-state index contributed by atoms with van der Waals surface area (Å²) in [5.74, 6) is 0.354. The second kappa shape index (κ2) is 6.42. The molecule has 0 spiro atoms. The van der Waals surface area contributed by atoms with Crippen LogP contribution in [0.25, 0.3) is 0 Å². The third-order valence-electron chi connectivity index (χ3n) is 4.27. The Morgan fingerprint density at radius 2 is 1.87 bits per heavy atom. The monoisotopic (exact) mass is 310 g/mol. The summed E-state index contributed by atoms with van der Waals surface area (Å²) in [6, 6.07) is 15.2. The molecule has 2 aromatic rings. The highest BCUT2D eigenvalue weighted by atomic mass is 16.3. The summed E-state index contributed by atoms with van der Waals surface area (Å²) in [6.07, 6.45) is 0. The molecule has 23 heavy (non-hydrogen) atoms. The van der Waals surface area contributed by atoms with Gasteiger partial charge < -0.3 is 14.9 Å². The highest BCUT2D eigenvalue weighted by Gasteiger charge is 2.27. The molecule has 0 bridgehead atoms. The van der Waals surface area contributed by atoms with E-state index in [1.165, 1.54) is 0 Å². The maximum Gasteiger partial charge on any atom is 0.258 e. The van der Waals surface area contributed by atoms with Crippen LogP contribution in [0.3, 0.4) is 0 Å². The fourth-order valence-corrected chi connectivity index (χ4v) is 3.20. The number of hydrogen-bond acceptors (Lipinski definition) is 3. The number of aliphatic hydroxyl groups is 1. The molecule has 1 atom stereocenters. The molecule has 4 heteroatoms. The van der Waals surface area contributed by atoms with E-state index in [1.54, 1.807) is 6.07 Å². The van der Waals surface area contributed by atoms with Crippen LogP contribution in [0.2, 0.25) is 0 Å². The first-order valence-electron chi connectivity index (χ1n) is 7.92.